The van der Waals surface area contributed by atoms with Crippen LogP contribution in [-0.2, 0) is 0 Å². The van der Waals surface area contributed by atoms with Gasteiger partial charge in [0.2, 0.25) is 0 Å². The molecule has 1 heterocycles. The average molecular weight is 148 g/mol. The first kappa shape index (κ1) is 7.79. The van der Waals surface area contributed by atoms with E-state index in [4.69, 9.17) is 4.74 Å². The Bertz CT molecular complexity index is 220. The summed E-state index contributed by atoms with van der Waals surface area (Å²) in [4.78, 5) is 3.86. The summed E-state index contributed by atoms with van der Waals surface area (Å²) in [6.45, 7) is 5.52. The van der Waals surface area contributed by atoms with Crippen LogP contribution in [0.1, 0.15) is 6.92 Å². The molecular formula is C9H10NO. The van der Waals surface area contributed by atoms with Crippen molar-refractivity contribution in [3.8, 4) is 5.75 Å². The lowest BCUT2D eigenvalue weighted by molar-refractivity contribution is 0.269. The number of hydrogen-bond donors (Lipinski definition) is 0. The van der Waals surface area contributed by atoms with Crippen molar-refractivity contribution in [1.29, 1.82) is 0 Å². The Hall–Kier alpha value is -1.31. The second-order valence-electron chi connectivity index (χ2n) is 2.18. The summed E-state index contributed by atoms with van der Waals surface area (Å²) in [5.74, 6) is 0.722. The van der Waals surface area contributed by atoms with Crippen molar-refractivity contribution in [2.45, 2.75) is 13.0 Å². The largest absolute Gasteiger partial charge is 0.485 e. The highest BCUT2D eigenvalue weighted by Gasteiger charge is 1.96. The van der Waals surface area contributed by atoms with Crippen LogP contribution in [0.25, 0.3) is 0 Å². The molecule has 1 aromatic heterocycles. The van der Waals surface area contributed by atoms with Crippen molar-refractivity contribution < 1.29 is 4.74 Å². The van der Waals surface area contributed by atoms with Gasteiger partial charge in [-0.25, -0.2) is 0 Å². The number of aromatic nitrogens is 1. The average Bonchev–Trinajstić information content (AvgIpc) is 2.06. The highest BCUT2D eigenvalue weighted by atomic mass is 16.5. The Morgan fingerprint density at radius 3 is 3.18 bits per heavy atom. The number of rotatable bonds is 3. The maximum absolute atomic E-state index is 5.35. The Morgan fingerprint density at radius 1 is 1.82 bits per heavy atom. The van der Waals surface area contributed by atoms with Gasteiger partial charge in [0.25, 0.3) is 0 Å². The van der Waals surface area contributed by atoms with Crippen LogP contribution < -0.4 is 4.74 Å². The summed E-state index contributed by atoms with van der Waals surface area (Å²) in [5.41, 5.74) is 0. The minimum Gasteiger partial charge on any atom is -0.485 e. The molecule has 2 nitrogen and oxygen atoms in total. The topological polar surface area (TPSA) is 22.1 Å². The van der Waals surface area contributed by atoms with Crippen LogP contribution in [0.2, 0.25) is 0 Å². The standard InChI is InChI=1S/C9H10NO/c1-3-8(2)11-9-5-4-6-10-7-9/h3,5-8H,1H2,2H3. The number of hydrogen-bond acceptors (Lipinski definition) is 2. The van der Waals surface area contributed by atoms with Gasteiger partial charge in [-0.15, -0.1) is 0 Å². The van der Waals surface area contributed by atoms with Gasteiger partial charge >= 0.3 is 0 Å². The van der Waals surface area contributed by atoms with Crippen molar-refractivity contribution in [1.82, 2.24) is 4.98 Å². The minimum absolute atomic E-state index is 0.0209. The van der Waals surface area contributed by atoms with Crippen molar-refractivity contribution in [3.63, 3.8) is 0 Å². The lowest BCUT2D eigenvalue weighted by Gasteiger charge is -2.08. The Kier molecular flexibility index (Phi) is 2.66. The number of pyridine rings is 1. The summed E-state index contributed by atoms with van der Waals surface area (Å²) < 4.78 is 5.35. The molecule has 0 aliphatic carbocycles. The fraction of sp³-hybridized carbons (Fsp3) is 0.222. The first-order chi connectivity index (χ1) is 5.33. The van der Waals surface area contributed by atoms with Gasteiger partial charge in [-0.3, -0.25) is 4.98 Å². The summed E-state index contributed by atoms with van der Waals surface area (Å²) in [5, 5.41) is 0. The van der Waals surface area contributed by atoms with Crippen LogP contribution >= 0.6 is 0 Å². The minimum atomic E-state index is 0.0209. The van der Waals surface area contributed by atoms with E-state index in [1.54, 1.807) is 24.5 Å². The zero-order valence-corrected chi connectivity index (χ0v) is 6.45. The van der Waals surface area contributed by atoms with Gasteiger partial charge in [-0.05, 0) is 13.0 Å². The third kappa shape index (κ3) is 2.42. The SMILES string of the molecule is C=CC(C)Oc1c[c]cnc1. The third-order valence-electron chi connectivity index (χ3n) is 1.23. The van der Waals surface area contributed by atoms with Crippen LogP contribution in [-0.4, -0.2) is 11.1 Å². The molecule has 1 unspecified atom stereocenters. The molecule has 1 atom stereocenters. The Balaban J connectivity index is 2.57. The molecule has 57 valence electrons. The molecule has 0 fully saturated rings. The highest BCUT2D eigenvalue weighted by molar-refractivity contribution is 5.15. The molecular weight excluding hydrogens is 138 g/mol. The zero-order valence-electron chi connectivity index (χ0n) is 6.45. The summed E-state index contributed by atoms with van der Waals surface area (Å²) >= 11 is 0. The lowest BCUT2D eigenvalue weighted by atomic mass is 10.4. The van der Waals surface area contributed by atoms with Crippen LogP contribution in [0.4, 0.5) is 0 Å². The summed E-state index contributed by atoms with van der Waals surface area (Å²) in [6.07, 6.45) is 4.99. The first-order valence-electron chi connectivity index (χ1n) is 3.43. The monoisotopic (exact) mass is 148 g/mol. The van der Waals surface area contributed by atoms with E-state index in [0.29, 0.717) is 0 Å². The van der Waals surface area contributed by atoms with Gasteiger partial charge in [0.05, 0.1) is 6.20 Å². The normalized spacial score (nSPS) is 12.1. The lowest BCUT2D eigenvalue weighted by Crippen LogP contribution is -2.07. The molecule has 2 heteroatoms. The zero-order chi connectivity index (χ0) is 8.10. The molecule has 0 saturated carbocycles. The van der Waals surface area contributed by atoms with E-state index >= 15 is 0 Å². The highest BCUT2D eigenvalue weighted by Crippen LogP contribution is 2.08. The fourth-order valence-electron chi connectivity index (χ4n) is 0.638. The molecule has 1 aromatic rings. The maximum Gasteiger partial charge on any atom is 0.139 e. The van der Waals surface area contributed by atoms with Crippen LogP contribution in [0.3, 0.4) is 0 Å². The maximum atomic E-state index is 5.35. The molecule has 0 N–H and O–H groups in total. The second kappa shape index (κ2) is 3.76. The molecule has 1 radical (unpaired) electrons. The van der Waals surface area contributed by atoms with Gasteiger partial charge in [0.1, 0.15) is 11.9 Å². The quantitative estimate of drug-likeness (QED) is 0.610. The molecule has 0 aliphatic rings. The van der Waals surface area contributed by atoms with Gasteiger partial charge in [0, 0.05) is 12.3 Å². The summed E-state index contributed by atoms with van der Waals surface area (Å²) in [6, 6.07) is 4.56. The predicted molar refractivity (Wildman–Crippen MR) is 43.4 cm³/mol. The van der Waals surface area contributed by atoms with Gasteiger partial charge in [-0.1, -0.05) is 12.7 Å². The molecule has 0 saturated heterocycles. The van der Waals surface area contributed by atoms with Crippen LogP contribution in [0.5, 0.6) is 5.75 Å². The van der Waals surface area contributed by atoms with Gasteiger partial charge in [-0.2, -0.15) is 0 Å². The molecule has 0 amide bonds. The fourth-order valence-corrected chi connectivity index (χ4v) is 0.638. The van der Waals surface area contributed by atoms with E-state index < -0.39 is 0 Å². The van der Waals surface area contributed by atoms with Crippen molar-refractivity contribution in [2.24, 2.45) is 0 Å². The molecule has 1 rings (SSSR count). The van der Waals surface area contributed by atoms with Crippen molar-refractivity contribution in [2.75, 3.05) is 0 Å². The van der Waals surface area contributed by atoms with E-state index in [1.165, 1.54) is 0 Å². The molecule has 11 heavy (non-hydrogen) atoms. The molecule has 0 spiro atoms. The van der Waals surface area contributed by atoms with Crippen LogP contribution in [0.15, 0.2) is 31.1 Å². The Labute approximate surface area is 66.5 Å². The predicted octanol–water partition coefficient (Wildman–Crippen LogP) is 1.84. The molecule has 0 bridgehead atoms. The van der Waals surface area contributed by atoms with E-state index in [2.05, 4.69) is 17.6 Å². The van der Waals surface area contributed by atoms with Gasteiger partial charge < -0.3 is 4.74 Å². The first-order valence-corrected chi connectivity index (χ1v) is 3.43. The summed E-state index contributed by atoms with van der Waals surface area (Å²) in [7, 11) is 0. The smallest absolute Gasteiger partial charge is 0.139 e. The second-order valence-corrected chi connectivity index (χ2v) is 2.18. The van der Waals surface area contributed by atoms with Gasteiger partial charge in [0.15, 0.2) is 0 Å². The van der Waals surface area contributed by atoms with E-state index in [0.717, 1.165) is 5.75 Å². The Morgan fingerprint density at radius 2 is 2.64 bits per heavy atom. The number of nitrogens with zero attached hydrogens (tertiary/aromatic N) is 1. The van der Waals surface area contributed by atoms with Crippen LogP contribution in [0, 0.1) is 6.07 Å². The van der Waals surface area contributed by atoms with E-state index in [9.17, 15) is 0 Å². The third-order valence-corrected chi connectivity index (χ3v) is 1.23. The van der Waals surface area contributed by atoms with E-state index in [-0.39, 0.29) is 6.10 Å². The molecule has 0 aliphatic heterocycles. The van der Waals surface area contributed by atoms with E-state index in [1.807, 2.05) is 6.92 Å². The van der Waals surface area contributed by atoms with Crippen molar-refractivity contribution >= 4 is 0 Å². The van der Waals surface area contributed by atoms with Crippen molar-refractivity contribution in [3.05, 3.63) is 37.2 Å². The molecule has 0 aromatic carbocycles. The number of ether oxygens (including phenoxy) is 1.